The summed E-state index contributed by atoms with van der Waals surface area (Å²) in [5.41, 5.74) is 1.65. The van der Waals surface area contributed by atoms with E-state index in [2.05, 4.69) is 5.32 Å². The van der Waals surface area contributed by atoms with Gasteiger partial charge in [-0.05, 0) is 0 Å². The topological polar surface area (TPSA) is 66.4 Å². The van der Waals surface area contributed by atoms with Crippen molar-refractivity contribution in [1.82, 2.24) is 0 Å². The zero-order valence-electron chi connectivity index (χ0n) is 9.96. The second-order valence-corrected chi connectivity index (χ2v) is 9.69. The number of hydrogen-bond donors (Lipinski definition) is 2. The van der Waals surface area contributed by atoms with Gasteiger partial charge in [0.15, 0.2) is 0 Å². The Balaban J connectivity index is 3.06. The Morgan fingerprint density at radius 3 is 2.53 bits per heavy atom. The number of hydrogen-bond acceptors (Lipinski definition) is 3. The number of phenolic OH excluding ortho intramolecular Hbond substituents is 1. The Kier molecular flexibility index (Phi) is 5.57. The molecule has 6 heteroatoms. The van der Waals surface area contributed by atoms with Crippen molar-refractivity contribution in [2.75, 3.05) is 5.32 Å². The van der Waals surface area contributed by atoms with Crippen LogP contribution in [-0.2, 0) is 61.8 Å². The molecule has 0 saturated heterocycles. The number of nitrogens with one attached hydrogen (secondary N) is 1. The van der Waals surface area contributed by atoms with Gasteiger partial charge in [0, 0.05) is 0 Å². The van der Waals surface area contributed by atoms with Crippen LogP contribution in [0.15, 0.2) is 6.07 Å². The molecular formula is C11H11Hg2NO3. The molecule has 0 heterocycles. The Hall–Kier alpha value is 0.0301. The molecule has 1 rings (SSSR count). The Bertz CT molecular complexity index is 460. The SMILES string of the molecule is CC(=O)CC(=O)Nc1c(O)[c]([Hg])cc(C)[c]1[Hg]. The molecule has 1 aromatic rings. The predicted molar refractivity (Wildman–Crippen MR) is 56.0 cm³/mol. The Morgan fingerprint density at radius 2 is 2.00 bits per heavy atom. The van der Waals surface area contributed by atoms with Gasteiger partial charge in [-0.3, -0.25) is 0 Å². The van der Waals surface area contributed by atoms with Crippen molar-refractivity contribution in [3.63, 3.8) is 0 Å². The van der Waals surface area contributed by atoms with Crippen molar-refractivity contribution in [3.05, 3.63) is 11.6 Å². The number of aryl methyl sites for hydroxylation is 1. The molecule has 0 radical (unpaired) electrons. The zero-order valence-corrected chi connectivity index (χ0v) is 21.0. The van der Waals surface area contributed by atoms with E-state index in [0.717, 1.165) is 11.7 Å². The summed E-state index contributed by atoms with van der Waals surface area (Å²) >= 11 is 0.598. The molecule has 0 spiro atoms. The quantitative estimate of drug-likeness (QED) is 0.289. The van der Waals surface area contributed by atoms with Crippen LogP contribution in [0.2, 0.25) is 0 Å². The van der Waals surface area contributed by atoms with Crippen LogP contribution in [0.3, 0.4) is 0 Å². The summed E-state index contributed by atoms with van der Waals surface area (Å²) in [4.78, 5) is 22.4. The second-order valence-electron chi connectivity index (χ2n) is 3.98. The molecule has 0 saturated carbocycles. The fourth-order valence-corrected chi connectivity index (χ4v) is 4.73. The average Bonchev–Trinajstić information content (AvgIpc) is 2.20. The van der Waals surface area contributed by atoms with Crippen molar-refractivity contribution in [1.29, 1.82) is 0 Å². The van der Waals surface area contributed by atoms with Crippen LogP contribution in [0.25, 0.3) is 0 Å². The van der Waals surface area contributed by atoms with Gasteiger partial charge in [0.2, 0.25) is 0 Å². The zero-order chi connectivity index (χ0) is 13.2. The third-order valence-corrected chi connectivity index (χ3v) is 8.02. The standard InChI is InChI=1S/C11H11NO3.2Hg/c1-7-3-4-10(14)9(5-7)12-11(15)6-8(2)13;;/h3,14H,6H2,1-2H3,(H,12,15);;. The summed E-state index contributed by atoms with van der Waals surface area (Å²) in [6.07, 6.45) is -0.137. The summed E-state index contributed by atoms with van der Waals surface area (Å²) in [5.74, 6) is -0.331. The van der Waals surface area contributed by atoms with Gasteiger partial charge >= 0.3 is 133 Å². The predicted octanol–water partition coefficient (Wildman–Crippen LogP) is -0.0376. The number of carbonyl (C=O) groups excluding carboxylic acids is 2. The van der Waals surface area contributed by atoms with E-state index in [9.17, 15) is 14.7 Å². The molecule has 0 fully saturated rings. The number of benzene rings is 1. The fourth-order valence-electron chi connectivity index (χ4n) is 1.46. The molecule has 1 amide bonds. The molecule has 0 atom stereocenters. The third kappa shape index (κ3) is 4.02. The van der Waals surface area contributed by atoms with Gasteiger partial charge in [-0.1, -0.05) is 0 Å². The van der Waals surface area contributed by atoms with Gasteiger partial charge in [0.05, 0.1) is 0 Å². The van der Waals surface area contributed by atoms with Crippen LogP contribution in [0, 0.1) is 6.92 Å². The van der Waals surface area contributed by atoms with Crippen molar-refractivity contribution in [2.24, 2.45) is 0 Å². The van der Waals surface area contributed by atoms with E-state index in [1.807, 2.05) is 13.0 Å². The summed E-state index contributed by atoms with van der Waals surface area (Å²) in [5, 5.41) is 12.6. The molecule has 0 bridgehead atoms. The maximum atomic E-state index is 11.5. The second kappa shape index (κ2) is 6.27. The summed E-state index contributed by atoms with van der Waals surface area (Å²) in [6.45, 7) is 3.36. The van der Waals surface area contributed by atoms with Gasteiger partial charge in [0.1, 0.15) is 0 Å². The monoisotopic (exact) mass is 609 g/mol. The van der Waals surface area contributed by atoms with Crippen LogP contribution in [0.1, 0.15) is 18.9 Å². The number of rotatable bonds is 3. The van der Waals surface area contributed by atoms with Gasteiger partial charge in [0.25, 0.3) is 0 Å². The molecule has 0 aliphatic heterocycles. The first-order valence-electron chi connectivity index (χ1n) is 5.12. The van der Waals surface area contributed by atoms with E-state index in [0.29, 0.717) is 57.9 Å². The molecule has 2 N–H and O–H groups in total. The number of carbonyl (C=O) groups is 2. The summed E-state index contributed by atoms with van der Waals surface area (Å²) < 4.78 is 1.96. The average molecular weight is 606 g/mol. The minimum absolute atomic E-state index is 0.137. The number of anilines is 1. The first-order valence-corrected chi connectivity index (χ1v) is 10.6. The van der Waals surface area contributed by atoms with Gasteiger partial charge in [-0.2, -0.15) is 0 Å². The van der Waals surface area contributed by atoms with E-state index in [-0.39, 0.29) is 23.9 Å². The summed E-state index contributed by atoms with van der Waals surface area (Å²) in [7, 11) is 0. The van der Waals surface area contributed by atoms with Crippen molar-refractivity contribution in [3.8, 4) is 5.75 Å². The number of Topliss-reactive ketones (excluding diaryl/α,β-unsaturated/α-hetero) is 1. The minimum atomic E-state index is -0.349. The van der Waals surface area contributed by atoms with Crippen molar-refractivity contribution in [2.45, 2.75) is 20.3 Å². The Labute approximate surface area is 132 Å². The first-order chi connectivity index (χ1) is 7.82. The molecule has 0 aliphatic carbocycles. The third-order valence-electron chi connectivity index (χ3n) is 2.38. The van der Waals surface area contributed by atoms with Crippen LogP contribution in [-0.4, -0.2) is 16.8 Å². The van der Waals surface area contributed by atoms with Crippen LogP contribution in [0.4, 0.5) is 5.69 Å². The van der Waals surface area contributed by atoms with Crippen LogP contribution in [0.5, 0.6) is 5.75 Å². The van der Waals surface area contributed by atoms with Crippen molar-refractivity contribution >= 4 is 23.5 Å². The van der Waals surface area contributed by atoms with E-state index < -0.39 is 0 Å². The molecular weight excluding hydrogens is 595 g/mol. The van der Waals surface area contributed by atoms with E-state index in [4.69, 9.17) is 0 Å². The van der Waals surface area contributed by atoms with E-state index >= 15 is 0 Å². The molecule has 82 valence electrons. The van der Waals surface area contributed by atoms with Gasteiger partial charge in [-0.25, -0.2) is 0 Å². The van der Waals surface area contributed by atoms with Crippen molar-refractivity contribution < 1.29 is 66.9 Å². The molecule has 0 aliphatic rings. The first kappa shape index (κ1) is 15.1. The summed E-state index contributed by atoms with van der Waals surface area (Å²) in [6, 6.07) is 1.99. The van der Waals surface area contributed by atoms with E-state index in [1.165, 1.54) is 6.92 Å². The molecule has 17 heavy (non-hydrogen) atoms. The van der Waals surface area contributed by atoms with Crippen LogP contribution < -0.4 is 11.5 Å². The van der Waals surface area contributed by atoms with E-state index in [1.54, 1.807) is 0 Å². The fraction of sp³-hybridized carbons (Fsp3) is 0.273. The number of amides is 1. The molecule has 4 nitrogen and oxygen atoms in total. The number of ketones is 1. The number of phenols is 1. The van der Waals surface area contributed by atoms with Gasteiger partial charge in [-0.15, -0.1) is 0 Å². The molecule has 1 aromatic carbocycles. The molecule has 0 unspecified atom stereocenters. The van der Waals surface area contributed by atoms with Crippen LogP contribution >= 0.6 is 0 Å². The molecule has 0 aromatic heterocycles. The normalized spacial score (nSPS) is 10.2. The van der Waals surface area contributed by atoms with Gasteiger partial charge < -0.3 is 0 Å². The Morgan fingerprint density at radius 1 is 1.41 bits per heavy atom. The number of aromatic hydroxyl groups is 1. The maximum absolute atomic E-state index is 11.5.